The number of nitrogens with zero attached hydrogens (tertiary/aromatic N) is 7. The lowest BCUT2D eigenvalue weighted by atomic mass is 10.1. The number of anilines is 1. The first kappa shape index (κ1) is 13.5. The van der Waals surface area contributed by atoms with Gasteiger partial charge in [0.05, 0.1) is 18.3 Å². The molecular weight excluding hydrogens is 266 g/mol. The van der Waals surface area contributed by atoms with Crippen molar-refractivity contribution in [1.29, 1.82) is 5.26 Å². The van der Waals surface area contributed by atoms with E-state index in [2.05, 4.69) is 31.2 Å². The van der Waals surface area contributed by atoms with Gasteiger partial charge in [0.25, 0.3) is 0 Å². The molecule has 0 radical (unpaired) electrons. The third-order valence-electron chi connectivity index (χ3n) is 4.06. The van der Waals surface area contributed by atoms with Crippen LogP contribution in [0.3, 0.4) is 0 Å². The minimum Gasteiger partial charge on any atom is -0.349 e. The molecule has 0 bridgehead atoms. The zero-order chi connectivity index (χ0) is 14.8. The van der Waals surface area contributed by atoms with Gasteiger partial charge in [0.15, 0.2) is 5.82 Å². The molecule has 1 fully saturated rings. The molecule has 0 spiro atoms. The normalized spacial score (nSPS) is 18.0. The van der Waals surface area contributed by atoms with Crippen LogP contribution in [0.4, 0.5) is 5.82 Å². The molecule has 0 aliphatic carbocycles. The summed E-state index contributed by atoms with van der Waals surface area (Å²) in [5.41, 5.74) is 2.35. The largest absolute Gasteiger partial charge is 0.349 e. The Morgan fingerprint density at radius 1 is 1.38 bits per heavy atom. The standard InChI is InChI=1S/C14H17N7/c1-10-11(2)18-19-14(13(10)6-15)21-5-3-4-12(21)7-20-9-16-8-17-20/h8-9,12H,3-5,7H2,1-2H3/t12-/m1/s1. The number of hydrogen-bond acceptors (Lipinski definition) is 6. The van der Waals surface area contributed by atoms with Crippen LogP contribution in [0.15, 0.2) is 12.7 Å². The molecule has 0 amide bonds. The second kappa shape index (κ2) is 5.48. The highest BCUT2D eigenvalue weighted by molar-refractivity contribution is 5.58. The third kappa shape index (κ3) is 2.44. The Kier molecular flexibility index (Phi) is 3.52. The van der Waals surface area contributed by atoms with E-state index >= 15 is 0 Å². The molecule has 0 aromatic carbocycles. The monoisotopic (exact) mass is 283 g/mol. The van der Waals surface area contributed by atoms with Crippen LogP contribution in [0.2, 0.25) is 0 Å². The van der Waals surface area contributed by atoms with Crippen molar-refractivity contribution in [3.63, 3.8) is 0 Å². The summed E-state index contributed by atoms with van der Waals surface area (Å²) in [6.45, 7) is 5.45. The number of hydrogen-bond donors (Lipinski definition) is 0. The van der Waals surface area contributed by atoms with Gasteiger partial charge in [-0.15, -0.1) is 5.10 Å². The van der Waals surface area contributed by atoms with Crippen LogP contribution in [-0.4, -0.2) is 37.5 Å². The van der Waals surface area contributed by atoms with Crippen molar-refractivity contribution >= 4 is 5.82 Å². The number of rotatable bonds is 3. The zero-order valence-corrected chi connectivity index (χ0v) is 12.2. The van der Waals surface area contributed by atoms with Gasteiger partial charge < -0.3 is 4.90 Å². The van der Waals surface area contributed by atoms with E-state index in [0.717, 1.165) is 37.2 Å². The van der Waals surface area contributed by atoms with Gasteiger partial charge in [0, 0.05) is 6.54 Å². The second-order valence-electron chi connectivity index (χ2n) is 5.33. The minimum atomic E-state index is 0.273. The SMILES string of the molecule is Cc1nnc(N2CCC[C@@H]2Cn2cncn2)c(C#N)c1C. The summed E-state index contributed by atoms with van der Waals surface area (Å²) in [7, 11) is 0. The summed E-state index contributed by atoms with van der Waals surface area (Å²) in [5.74, 6) is 0.697. The topological polar surface area (TPSA) is 83.5 Å². The Balaban J connectivity index is 1.92. The first-order valence-electron chi connectivity index (χ1n) is 7.03. The number of nitriles is 1. The molecular formula is C14H17N7. The molecule has 0 N–H and O–H groups in total. The highest BCUT2D eigenvalue weighted by Gasteiger charge is 2.29. The minimum absolute atomic E-state index is 0.273. The van der Waals surface area contributed by atoms with Crippen molar-refractivity contribution in [3.05, 3.63) is 29.5 Å². The van der Waals surface area contributed by atoms with Crippen LogP contribution in [-0.2, 0) is 6.54 Å². The predicted molar refractivity (Wildman–Crippen MR) is 76.6 cm³/mol. The van der Waals surface area contributed by atoms with Crippen molar-refractivity contribution in [2.75, 3.05) is 11.4 Å². The highest BCUT2D eigenvalue weighted by Crippen LogP contribution is 2.29. The van der Waals surface area contributed by atoms with Crippen molar-refractivity contribution in [1.82, 2.24) is 25.0 Å². The summed E-state index contributed by atoms with van der Waals surface area (Å²) >= 11 is 0. The maximum Gasteiger partial charge on any atom is 0.169 e. The molecule has 7 heteroatoms. The molecule has 108 valence electrons. The van der Waals surface area contributed by atoms with Gasteiger partial charge in [-0.1, -0.05) is 0 Å². The lowest BCUT2D eigenvalue weighted by Crippen LogP contribution is -2.34. The summed E-state index contributed by atoms with van der Waals surface area (Å²) in [6.07, 6.45) is 5.39. The molecule has 1 atom stereocenters. The van der Waals surface area contributed by atoms with Crippen LogP contribution >= 0.6 is 0 Å². The molecule has 0 saturated carbocycles. The summed E-state index contributed by atoms with van der Waals surface area (Å²) in [5, 5.41) is 22.1. The van der Waals surface area contributed by atoms with Crippen LogP contribution in [0.5, 0.6) is 0 Å². The van der Waals surface area contributed by atoms with Crippen molar-refractivity contribution in [2.24, 2.45) is 0 Å². The fourth-order valence-electron chi connectivity index (χ4n) is 2.78. The van der Waals surface area contributed by atoms with Crippen LogP contribution in [0, 0.1) is 25.2 Å². The molecule has 3 rings (SSSR count). The van der Waals surface area contributed by atoms with Crippen molar-refractivity contribution in [3.8, 4) is 6.07 Å². The average molecular weight is 283 g/mol. The number of aryl methyl sites for hydroxylation is 1. The Bertz CT molecular complexity index is 671. The predicted octanol–water partition coefficient (Wildman–Crippen LogP) is 1.23. The number of aromatic nitrogens is 5. The van der Waals surface area contributed by atoms with Gasteiger partial charge in [-0.05, 0) is 32.3 Å². The van der Waals surface area contributed by atoms with Crippen molar-refractivity contribution < 1.29 is 0 Å². The first-order valence-corrected chi connectivity index (χ1v) is 7.03. The van der Waals surface area contributed by atoms with E-state index in [1.807, 2.05) is 18.5 Å². The summed E-state index contributed by atoms with van der Waals surface area (Å²) < 4.78 is 1.82. The van der Waals surface area contributed by atoms with E-state index in [4.69, 9.17) is 0 Å². The van der Waals surface area contributed by atoms with Gasteiger partial charge in [-0.2, -0.15) is 15.5 Å². The molecule has 1 aliphatic rings. The van der Waals surface area contributed by atoms with Gasteiger partial charge in [-0.3, -0.25) is 4.68 Å². The molecule has 3 heterocycles. The fourth-order valence-corrected chi connectivity index (χ4v) is 2.78. The first-order chi connectivity index (χ1) is 10.2. The van der Waals surface area contributed by atoms with Gasteiger partial charge in [0.1, 0.15) is 24.3 Å². The lowest BCUT2D eigenvalue weighted by molar-refractivity contribution is 0.505. The second-order valence-corrected chi connectivity index (χ2v) is 5.33. The zero-order valence-electron chi connectivity index (χ0n) is 12.2. The third-order valence-corrected chi connectivity index (χ3v) is 4.06. The molecule has 1 saturated heterocycles. The quantitative estimate of drug-likeness (QED) is 0.842. The summed E-state index contributed by atoms with van der Waals surface area (Å²) in [6, 6.07) is 2.56. The molecule has 1 aliphatic heterocycles. The van der Waals surface area contributed by atoms with Gasteiger partial charge in [-0.25, -0.2) is 4.98 Å². The molecule has 2 aromatic heterocycles. The maximum atomic E-state index is 9.45. The molecule has 7 nitrogen and oxygen atoms in total. The van der Waals surface area contributed by atoms with E-state index in [1.54, 1.807) is 6.33 Å². The fraction of sp³-hybridized carbons (Fsp3) is 0.500. The van der Waals surface area contributed by atoms with Crippen molar-refractivity contribution in [2.45, 2.75) is 39.3 Å². The molecule has 2 aromatic rings. The van der Waals surface area contributed by atoms with Crippen LogP contribution < -0.4 is 4.90 Å². The van der Waals surface area contributed by atoms with Gasteiger partial charge >= 0.3 is 0 Å². The Labute approximate surface area is 123 Å². The molecule has 0 unspecified atom stereocenters. The Morgan fingerprint density at radius 3 is 2.95 bits per heavy atom. The van der Waals surface area contributed by atoms with Crippen LogP contribution in [0.25, 0.3) is 0 Å². The van der Waals surface area contributed by atoms with E-state index in [9.17, 15) is 5.26 Å². The van der Waals surface area contributed by atoms with E-state index in [1.165, 1.54) is 6.33 Å². The molecule has 21 heavy (non-hydrogen) atoms. The Hall–Kier alpha value is -2.49. The highest BCUT2D eigenvalue weighted by atomic mass is 15.4. The maximum absolute atomic E-state index is 9.45. The summed E-state index contributed by atoms with van der Waals surface area (Å²) in [4.78, 5) is 6.15. The lowest BCUT2D eigenvalue weighted by Gasteiger charge is -2.26. The average Bonchev–Trinajstić information content (AvgIpc) is 3.14. The van der Waals surface area contributed by atoms with E-state index in [0.29, 0.717) is 11.4 Å². The van der Waals surface area contributed by atoms with E-state index < -0.39 is 0 Å². The Morgan fingerprint density at radius 2 is 2.24 bits per heavy atom. The van der Waals surface area contributed by atoms with Gasteiger partial charge in [0.2, 0.25) is 0 Å². The van der Waals surface area contributed by atoms with E-state index in [-0.39, 0.29) is 6.04 Å². The van der Waals surface area contributed by atoms with Crippen LogP contribution in [0.1, 0.15) is 29.7 Å². The smallest absolute Gasteiger partial charge is 0.169 e.